The lowest BCUT2D eigenvalue weighted by Gasteiger charge is -2.20. The second-order valence-corrected chi connectivity index (χ2v) is 5.50. The van der Waals surface area contributed by atoms with Crippen molar-refractivity contribution in [2.75, 3.05) is 19.6 Å². The molecule has 1 fully saturated rings. The molecule has 1 aromatic rings. The van der Waals surface area contributed by atoms with Crippen LogP contribution in [0.5, 0.6) is 0 Å². The lowest BCUT2D eigenvalue weighted by atomic mass is 10.0. The van der Waals surface area contributed by atoms with Crippen molar-refractivity contribution in [2.24, 2.45) is 5.92 Å². The zero-order valence-electron chi connectivity index (χ0n) is 13.1. The van der Waals surface area contributed by atoms with Gasteiger partial charge in [0.05, 0.1) is 6.10 Å². The van der Waals surface area contributed by atoms with Gasteiger partial charge in [-0.2, -0.15) is 0 Å². The molecule has 0 bridgehead atoms. The number of hydrogen-bond donors (Lipinski definition) is 4. The number of aliphatic hydroxyl groups is 1. The fourth-order valence-corrected chi connectivity index (χ4v) is 2.47. The number of nitrogens with one attached hydrogen (secondary N) is 3. The Hall–Kier alpha value is -1.63. The molecule has 1 heterocycles. The second kappa shape index (κ2) is 9.50. The van der Waals surface area contributed by atoms with Crippen molar-refractivity contribution in [3.8, 4) is 0 Å². The highest BCUT2D eigenvalue weighted by atomic mass is 35.5. The first-order valence-corrected chi connectivity index (χ1v) is 7.62. The summed E-state index contributed by atoms with van der Waals surface area (Å²) in [7, 11) is 0. The minimum atomic E-state index is -0.708. The Bertz CT molecular complexity index is 513. The van der Waals surface area contributed by atoms with E-state index in [-0.39, 0.29) is 30.1 Å². The zero-order chi connectivity index (χ0) is 15.9. The van der Waals surface area contributed by atoms with E-state index in [1.165, 1.54) is 0 Å². The molecule has 2 rings (SSSR count). The van der Waals surface area contributed by atoms with E-state index in [2.05, 4.69) is 16.0 Å². The van der Waals surface area contributed by atoms with Crippen LogP contribution in [0, 0.1) is 5.92 Å². The summed E-state index contributed by atoms with van der Waals surface area (Å²) < 4.78 is 0. The van der Waals surface area contributed by atoms with E-state index < -0.39 is 12.1 Å². The van der Waals surface area contributed by atoms with E-state index in [9.17, 15) is 14.7 Å². The highest BCUT2D eigenvalue weighted by Gasteiger charge is 2.27. The number of aliphatic hydroxyl groups excluding tert-OH is 1. The summed E-state index contributed by atoms with van der Waals surface area (Å²) in [6.07, 6.45) is -0.122. The van der Waals surface area contributed by atoms with E-state index in [0.717, 1.165) is 5.56 Å². The molecule has 1 aliphatic heterocycles. The van der Waals surface area contributed by atoms with Crippen LogP contribution in [0.2, 0.25) is 0 Å². The standard InChI is InChI=1S/C16H23N3O3.ClH/c1-2-14(21)19-15(11-6-4-3-5-7-11)16(22)18-9-12-8-17-10-13(12)20;/h3-7,12-13,15,17,20H,2,8-10H2,1H3,(H,18,22)(H,19,21);1H. The third kappa shape index (κ3) is 5.49. The Balaban J connectivity index is 0.00000264. The largest absolute Gasteiger partial charge is 0.391 e. The summed E-state index contributed by atoms with van der Waals surface area (Å²) in [6.45, 7) is 3.36. The predicted octanol–water partition coefficient (Wildman–Crippen LogP) is 0.372. The van der Waals surface area contributed by atoms with Crippen LogP contribution < -0.4 is 16.0 Å². The van der Waals surface area contributed by atoms with Gasteiger partial charge in [-0.1, -0.05) is 37.3 Å². The van der Waals surface area contributed by atoms with Crippen LogP contribution in [-0.2, 0) is 9.59 Å². The number of hydrogen-bond acceptors (Lipinski definition) is 4. The molecule has 0 aliphatic carbocycles. The van der Waals surface area contributed by atoms with Crippen LogP contribution in [0.1, 0.15) is 24.9 Å². The first-order valence-electron chi connectivity index (χ1n) is 7.62. The first kappa shape index (κ1) is 19.4. The molecular formula is C16H24ClN3O3. The predicted molar refractivity (Wildman–Crippen MR) is 90.2 cm³/mol. The van der Waals surface area contributed by atoms with Gasteiger partial charge in [-0.05, 0) is 5.56 Å². The molecule has 2 amide bonds. The SMILES string of the molecule is CCC(=O)NC(C(=O)NCC1CNCC1O)c1ccccc1.Cl. The van der Waals surface area contributed by atoms with Gasteiger partial charge in [0.25, 0.3) is 0 Å². The third-order valence-electron chi connectivity index (χ3n) is 3.86. The molecule has 6 nitrogen and oxygen atoms in total. The number of halogens is 1. The van der Waals surface area contributed by atoms with Crippen LogP contribution in [0.4, 0.5) is 0 Å². The molecule has 1 aromatic carbocycles. The normalized spacial score (nSPS) is 21.1. The number of β-amino-alcohol motifs (C(OH)–C–C–N with tert-alkyl or cyclic N) is 1. The molecular weight excluding hydrogens is 318 g/mol. The summed E-state index contributed by atoms with van der Waals surface area (Å²) >= 11 is 0. The van der Waals surface area contributed by atoms with E-state index in [1.54, 1.807) is 6.92 Å². The molecule has 23 heavy (non-hydrogen) atoms. The molecule has 1 saturated heterocycles. The lowest BCUT2D eigenvalue weighted by Crippen LogP contribution is -2.43. The average molecular weight is 342 g/mol. The van der Waals surface area contributed by atoms with E-state index >= 15 is 0 Å². The monoisotopic (exact) mass is 341 g/mol. The van der Waals surface area contributed by atoms with Crippen molar-refractivity contribution in [3.63, 3.8) is 0 Å². The van der Waals surface area contributed by atoms with Crippen molar-refractivity contribution >= 4 is 24.2 Å². The number of carbonyl (C=O) groups excluding carboxylic acids is 2. The topological polar surface area (TPSA) is 90.5 Å². The molecule has 3 atom stereocenters. The summed E-state index contributed by atoms with van der Waals surface area (Å²) in [6, 6.07) is 8.44. The Kier molecular flexibility index (Phi) is 8.02. The van der Waals surface area contributed by atoms with Gasteiger partial charge in [0.2, 0.25) is 11.8 Å². The fraction of sp³-hybridized carbons (Fsp3) is 0.500. The first-order chi connectivity index (χ1) is 10.6. The summed E-state index contributed by atoms with van der Waals surface area (Å²) in [5, 5.41) is 18.4. The van der Waals surface area contributed by atoms with E-state index in [0.29, 0.717) is 26.1 Å². The Labute approximate surface area is 142 Å². The summed E-state index contributed by atoms with van der Waals surface area (Å²) in [5.74, 6) is -0.430. The Morgan fingerprint density at radius 3 is 2.57 bits per heavy atom. The molecule has 0 radical (unpaired) electrons. The maximum atomic E-state index is 12.4. The van der Waals surface area contributed by atoms with Gasteiger partial charge in [0.1, 0.15) is 6.04 Å². The minimum absolute atomic E-state index is 0. The van der Waals surface area contributed by atoms with Crippen molar-refractivity contribution in [3.05, 3.63) is 35.9 Å². The van der Waals surface area contributed by atoms with Crippen molar-refractivity contribution in [1.29, 1.82) is 0 Å². The van der Waals surface area contributed by atoms with Crippen LogP contribution in [-0.4, -0.2) is 42.7 Å². The molecule has 7 heteroatoms. The molecule has 0 aromatic heterocycles. The van der Waals surface area contributed by atoms with Crippen molar-refractivity contribution in [1.82, 2.24) is 16.0 Å². The summed E-state index contributed by atoms with van der Waals surface area (Å²) in [4.78, 5) is 24.1. The second-order valence-electron chi connectivity index (χ2n) is 5.50. The number of benzene rings is 1. The fourth-order valence-electron chi connectivity index (χ4n) is 2.47. The Morgan fingerprint density at radius 1 is 1.30 bits per heavy atom. The smallest absolute Gasteiger partial charge is 0.247 e. The molecule has 0 saturated carbocycles. The third-order valence-corrected chi connectivity index (χ3v) is 3.86. The average Bonchev–Trinajstić information content (AvgIpc) is 2.96. The van der Waals surface area contributed by atoms with Gasteiger partial charge in [-0.3, -0.25) is 9.59 Å². The minimum Gasteiger partial charge on any atom is -0.391 e. The maximum absolute atomic E-state index is 12.4. The van der Waals surface area contributed by atoms with Crippen LogP contribution in [0.3, 0.4) is 0 Å². The summed E-state index contributed by atoms with van der Waals surface area (Å²) in [5.41, 5.74) is 0.742. The van der Waals surface area contributed by atoms with Gasteiger partial charge in [-0.15, -0.1) is 12.4 Å². The quantitative estimate of drug-likeness (QED) is 0.602. The van der Waals surface area contributed by atoms with Crippen LogP contribution in [0.25, 0.3) is 0 Å². The van der Waals surface area contributed by atoms with Crippen molar-refractivity contribution in [2.45, 2.75) is 25.5 Å². The van der Waals surface area contributed by atoms with Gasteiger partial charge >= 0.3 is 0 Å². The molecule has 4 N–H and O–H groups in total. The van der Waals surface area contributed by atoms with Gasteiger partial charge in [-0.25, -0.2) is 0 Å². The van der Waals surface area contributed by atoms with Gasteiger partial charge in [0.15, 0.2) is 0 Å². The molecule has 128 valence electrons. The lowest BCUT2D eigenvalue weighted by molar-refractivity contribution is -0.129. The van der Waals surface area contributed by atoms with Gasteiger partial charge < -0.3 is 21.1 Å². The van der Waals surface area contributed by atoms with Gasteiger partial charge in [0, 0.05) is 32.0 Å². The molecule has 3 unspecified atom stereocenters. The van der Waals surface area contributed by atoms with E-state index in [1.807, 2.05) is 30.3 Å². The number of rotatable bonds is 6. The van der Waals surface area contributed by atoms with Crippen molar-refractivity contribution < 1.29 is 14.7 Å². The molecule has 0 spiro atoms. The van der Waals surface area contributed by atoms with Crippen LogP contribution in [0.15, 0.2) is 30.3 Å². The number of carbonyl (C=O) groups is 2. The maximum Gasteiger partial charge on any atom is 0.247 e. The molecule has 1 aliphatic rings. The number of amides is 2. The van der Waals surface area contributed by atoms with Crippen LogP contribution >= 0.6 is 12.4 Å². The highest BCUT2D eigenvalue weighted by Crippen LogP contribution is 2.14. The highest BCUT2D eigenvalue weighted by molar-refractivity contribution is 5.88. The van der Waals surface area contributed by atoms with E-state index in [4.69, 9.17) is 0 Å². The Morgan fingerprint density at radius 2 is 2.00 bits per heavy atom. The zero-order valence-corrected chi connectivity index (χ0v) is 13.9.